The maximum absolute atomic E-state index is 10.8. The highest BCUT2D eigenvalue weighted by atomic mass is 16.6. The molecule has 0 saturated heterocycles. The Morgan fingerprint density at radius 1 is 1.15 bits per heavy atom. The van der Waals surface area contributed by atoms with Crippen molar-refractivity contribution in [3.8, 4) is 5.69 Å². The molecule has 0 aliphatic carbocycles. The number of aryl methyl sites for hydroxylation is 2. The van der Waals surface area contributed by atoms with E-state index in [0.717, 1.165) is 28.1 Å². The fraction of sp³-hybridized carbons (Fsp3) is 0.133. The van der Waals surface area contributed by atoms with Crippen molar-refractivity contribution in [3.63, 3.8) is 0 Å². The molecule has 0 amide bonds. The molecule has 100 valence electrons. The van der Waals surface area contributed by atoms with Crippen LogP contribution in [0.3, 0.4) is 0 Å². The largest absolute Gasteiger partial charge is 0.296 e. The van der Waals surface area contributed by atoms with Gasteiger partial charge in [0.15, 0.2) is 0 Å². The van der Waals surface area contributed by atoms with E-state index in [4.69, 9.17) is 0 Å². The van der Waals surface area contributed by atoms with Gasteiger partial charge in [0, 0.05) is 12.1 Å². The number of para-hydroxylation sites is 2. The Morgan fingerprint density at radius 3 is 2.60 bits per heavy atom. The van der Waals surface area contributed by atoms with E-state index in [1.54, 1.807) is 12.1 Å². The first kappa shape index (κ1) is 12.3. The molecule has 0 saturated carbocycles. The number of fused-ring (bicyclic) bond motifs is 1. The van der Waals surface area contributed by atoms with Crippen LogP contribution in [-0.2, 0) is 0 Å². The first-order valence-electron chi connectivity index (χ1n) is 6.27. The minimum Gasteiger partial charge on any atom is -0.296 e. The fourth-order valence-electron chi connectivity index (χ4n) is 2.45. The van der Waals surface area contributed by atoms with Crippen molar-refractivity contribution in [2.45, 2.75) is 13.8 Å². The van der Waals surface area contributed by atoms with Gasteiger partial charge >= 0.3 is 0 Å². The molecular weight excluding hydrogens is 254 g/mol. The molecule has 0 radical (unpaired) electrons. The van der Waals surface area contributed by atoms with Crippen molar-refractivity contribution in [1.29, 1.82) is 0 Å². The van der Waals surface area contributed by atoms with Gasteiger partial charge in [-0.3, -0.25) is 14.7 Å². The predicted molar refractivity (Wildman–Crippen MR) is 77.2 cm³/mol. The van der Waals surface area contributed by atoms with Crippen LogP contribution in [0.15, 0.2) is 42.5 Å². The van der Waals surface area contributed by atoms with Crippen LogP contribution in [-0.4, -0.2) is 14.5 Å². The lowest BCUT2D eigenvalue weighted by Crippen LogP contribution is -2.00. The molecule has 0 aliphatic rings. The molecule has 0 N–H and O–H groups in total. The Hall–Kier alpha value is -2.69. The van der Waals surface area contributed by atoms with Crippen LogP contribution in [0.5, 0.6) is 0 Å². The molecule has 0 fully saturated rings. The number of nitro benzene ring substituents is 1. The maximum Gasteiger partial charge on any atom is 0.269 e. The number of benzene rings is 2. The quantitative estimate of drug-likeness (QED) is 0.527. The molecule has 2 aromatic carbocycles. The fourth-order valence-corrected chi connectivity index (χ4v) is 2.45. The van der Waals surface area contributed by atoms with Gasteiger partial charge in [-0.05, 0) is 37.6 Å². The summed E-state index contributed by atoms with van der Waals surface area (Å²) in [5, 5.41) is 10.8. The smallest absolute Gasteiger partial charge is 0.269 e. The topological polar surface area (TPSA) is 61.0 Å². The van der Waals surface area contributed by atoms with Crippen LogP contribution in [0.2, 0.25) is 0 Å². The van der Waals surface area contributed by atoms with E-state index in [2.05, 4.69) is 4.98 Å². The molecule has 1 aromatic heterocycles. The summed E-state index contributed by atoms with van der Waals surface area (Å²) in [6.07, 6.45) is 0. The van der Waals surface area contributed by atoms with Gasteiger partial charge < -0.3 is 0 Å². The van der Waals surface area contributed by atoms with E-state index in [9.17, 15) is 10.1 Å². The summed E-state index contributed by atoms with van der Waals surface area (Å²) >= 11 is 0. The second-order valence-corrected chi connectivity index (χ2v) is 4.71. The number of imidazole rings is 1. The zero-order valence-corrected chi connectivity index (χ0v) is 11.2. The van der Waals surface area contributed by atoms with Crippen LogP contribution in [0.1, 0.15) is 11.4 Å². The van der Waals surface area contributed by atoms with Crippen molar-refractivity contribution in [1.82, 2.24) is 9.55 Å². The van der Waals surface area contributed by atoms with Crippen LogP contribution in [0, 0.1) is 24.0 Å². The normalized spacial score (nSPS) is 10.9. The molecule has 0 atom stereocenters. The molecule has 0 spiro atoms. The molecule has 5 nitrogen and oxygen atoms in total. The molecular formula is C15H13N3O2. The summed E-state index contributed by atoms with van der Waals surface area (Å²) in [5.74, 6) is 0.864. The van der Waals surface area contributed by atoms with Crippen molar-refractivity contribution < 1.29 is 4.92 Å². The van der Waals surface area contributed by atoms with Crippen LogP contribution >= 0.6 is 0 Å². The van der Waals surface area contributed by atoms with Crippen molar-refractivity contribution in [2.75, 3.05) is 0 Å². The highest BCUT2D eigenvalue weighted by Crippen LogP contribution is 2.26. The lowest BCUT2D eigenvalue weighted by Gasteiger charge is -2.10. The zero-order valence-electron chi connectivity index (χ0n) is 11.2. The van der Waals surface area contributed by atoms with Crippen molar-refractivity contribution in [3.05, 3.63) is 64.0 Å². The second kappa shape index (κ2) is 4.45. The summed E-state index contributed by atoms with van der Waals surface area (Å²) in [6.45, 7) is 3.80. The SMILES string of the molecule is Cc1cc([N+](=O)[O-])ccc1-n1c(C)nc2ccccc21. The van der Waals surface area contributed by atoms with Crippen molar-refractivity contribution in [2.24, 2.45) is 0 Å². The molecule has 0 bridgehead atoms. The third kappa shape index (κ3) is 1.84. The molecule has 20 heavy (non-hydrogen) atoms. The van der Waals surface area contributed by atoms with Gasteiger partial charge in [-0.1, -0.05) is 12.1 Å². The number of hydrogen-bond acceptors (Lipinski definition) is 3. The second-order valence-electron chi connectivity index (χ2n) is 4.71. The Bertz CT molecular complexity index is 821. The molecule has 5 heteroatoms. The highest BCUT2D eigenvalue weighted by Gasteiger charge is 2.13. The van der Waals surface area contributed by atoms with Gasteiger partial charge in [0.05, 0.1) is 21.6 Å². The number of nitro groups is 1. The maximum atomic E-state index is 10.8. The van der Waals surface area contributed by atoms with Crippen LogP contribution in [0.4, 0.5) is 5.69 Å². The number of hydrogen-bond donors (Lipinski definition) is 0. The van der Waals surface area contributed by atoms with Gasteiger partial charge in [0.2, 0.25) is 0 Å². The number of aromatic nitrogens is 2. The summed E-state index contributed by atoms with van der Waals surface area (Å²) in [5.41, 5.74) is 3.80. The van der Waals surface area contributed by atoms with E-state index >= 15 is 0 Å². The number of non-ortho nitro benzene ring substituents is 1. The van der Waals surface area contributed by atoms with E-state index in [1.807, 2.05) is 42.7 Å². The lowest BCUT2D eigenvalue weighted by molar-refractivity contribution is -0.384. The minimum atomic E-state index is -0.379. The van der Waals surface area contributed by atoms with Crippen molar-refractivity contribution >= 4 is 16.7 Å². The third-order valence-corrected chi connectivity index (χ3v) is 3.36. The van der Waals surface area contributed by atoms with E-state index < -0.39 is 0 Å². The van der Waals surface area contributed by atoms with E-state index in [1.165, 1.54) is 6.07 Å². The Balaban J connectivity index is 2.26. The molecule has 0 unspecified atom stereocenters. The molecule has 1 heterocycles. The highest BCUT2D eigenvalue weighted by molar-refractivity contribution is 5.78. The molecule has 0 aliphatic heterocycles. The first-order valence-corrected chi connectivity index (χ1v) is 6.27. The van der Waals surface area contributed by atoms with Gasteiger partial charge in [-0.15, -0.1) is 0 Å². The predicted octanol–water partition coefficient (Wildman–Crippen LogP) is 3.55. The van der Waals surface area contributed by atoms with Gasteiger partial charge in [0.1, 0.15) is 5.82 Å². The van der Waals surface area contributed by atoms with Gasteiger partial charge in [-0.2, -0.15) is 0 Å². The monoisotopic (exact) mass is 267 g/mol. The van der Waals surface area contributed by atoms with E-state index in [0.29, 0.717) is 0 Å². The summed E-state index contributed by atoms with van der Waals surface area (Å²) in [7, 11) is 0. The summed E-state index contributed by atoms with van der Waals surface area (Å²) in [4.78, 5) is 15.0. The average Bonchev–Trinajstić information content (AvgIpc) is 2.74. The molecule has 3 rings (SSSR count). The van der Waals surface area contributed by atoms with Crippen LogP contribution in [0.25, 0.3) is 16.7 Å². The van der Waals surface area contributed by atoms with E-state index in [-0.39, 0.29) is 10.6 Å². The Morgan fingerprint density at radius 2 is 1.90 bits per heavy atom. The Labute approximate surface area is 115 Å². The lowest BCUT2D eigenvalue weighted by atomic mass is 10.1. The minimum absolute atomic E-state index is 0.105. The van der Waals surface area contributed by atoms with Crippen LogP contribution < -0.4 is 0 Å². The summed E-state index contributed by atoms with van der Waals surface area (Å²) in [6, 6.07) is 12.7. The van der Waals surface area contributed by atoms with Gasteiger partial charge in [-0.25, -0.2) is 4.98 Å². The van der Waals surface area contributed by atoms with Gasteiger partial charge in [0.25, 0.3) is 5.69 Å². The number of nitrogens with zero attached hydrogens (tertiary/aromatic N) is 3. The number of rotatable bonds is 2. The zero-order chi connectivity index (χ0) is 14.3. The first-order chi connectivity index (χ1) is 9.58. The molecule has 3 aromatic rings. The third-order valence-electron chi connectivity index (χ3n) is 3.36. The standard InChI is InChI=1S/C15H13N3O2/c1-10-9-12(18(19)20)7-8-14(10)17-11(2)16-13-5-3-4-6-15(13)17/h3-9H,1-2H3. The average molecular weight is 267 g/mol. The Kier molecular flexibility index (Phi) is 2.75. The summed E-state index contributed by atoms with van der Waals surface area (Å²) < 4.78 is 2.02.